The molecule has 40 heavy (non-hydrogen) atoms. The first kappa shape index (κ1) is 27.2. The van der Waals surface area contributed by atoms with Crippen molar-refractivity contribution in [3.63, 3.8) is 0 Å². The van der Waals surface area contributed by atoms with Gasteiger partial charge in [0.05, 0.1) is 28.7 Å². The second-order valence-electron chi connectivity index (χ2n) is 11.6. The summed E-state index contributed by atoms with van der Waals surface area (Å²) in [6.07, 6.45) is 8.45. The number of rotatable bonds is 5. The van der Waals surface area contributed by atoms with E-state index in [-0.39, 0.29) is 48.3 Å². The lowest BCUT2D eigenvalue weighted by Gasteiger charge is -2.35. The van der Waals surface area contributed by atoms with Crippen LogP contribution in [0.15, 0.2) is 42.7 Å². The van der Waals surface area contributed by atoms with E-state index in [1.165, 1.54) is 0 Å². The summed E-state index contributed by atoms with van der Waals surface area (Å²) in [7, 11) is -3.10. The summed E-state index contributed by atoms with van der Waals surface area (Å²) in [5, 5.41) is 25.4. The van der Waals surface area contributed by atoms with E-state index in [0.29, 0.717) is 37.7 Å². The standard InChI is InChI=1S/C29H37N5O5S/c35-22-9-15-33(16-10-22)27(36)20-4-6-21(7-5-20)31-28-30-14-8-26(32-28)34-17-11-23-24(2-1-3-25(23)34)29(37)12-18-40(38,39)19-13-29/h1-3,8,11,14,17,20-22,35,37H,4-7,9-10,12-13,15-16,18-19H2,(H,30,31,32). The van der Waals surface area contributed by atoms with Crippen molar-refractivity contribution >= 4 is 32.6 Å². The number of sulfone groups is 1. The Morgan fingerprint density at radius 2 is 1.73 bits per heavy atom. The number of nitrogens with zero attached hydrogens (tertiary/aromatic N) is 4. The van der Waals surface area contributed by atoms with Crippen molar-refractivity contribution in [2.75, 3.05) is 29.9 Å². The Morgan fingerprint density at radius 1 is 1.00 bits per heavy atom. The number of aliphatic hydroxyl groups excluding tert-OH is 1. The maximum absolute atomic E-state index is 12.9. The highest BCUT2D eigenvalue weighted by Gasteiger charge is 2.38. The molecule has 3 aliphatic rings. The molecule has 3 N–H and O–H groups in total. The number of aromatic nitrogens is 3. The minimum Gasteiger partial charge on any atom is -0.393 e. The number of carbonyl (C=O) groups is 1. The van der Waals surface area contributed by atoms with Gasteiger partial charge < -0.3 is 25.0 Å². The number of carbonyl (C=O) groups excluding carboxylic acids is 1. The molecule has 2 aromatic heterocycles. The Balaban J connectivity index is 1.13. The largest absolute Gasteiger partial charge is 0.393 e. The molecule has 3 fully saturated rings. The Hall–Kier alpha value is -3.02. The number of fused-ring (bicyclic) bond motifs is 1. The predicted octanol–water partition coefficient (Wildman–Crippen LogP) is 2.77. The molecule has 10 nitrogen and oxygen atoms in total. The molecule has 4 heterocycles. The maximum atomic E-state index is 12.9. The fourth-order valence-electron chi connectivity index (χ4n) is 6.48. The molecule has 6 rings (SSSR count). The number of hydrogen-bond acceptors (Lipinski definition) is 8. The van der Waals surface area contributed by atoms with Gasteiger partial charge in [0.15, 0.2) is 9.84 Å². The first-order valence-corrected chi connectivity index (χ1v) is 16.1. The number of amides is 1. The average Bonchev–Trinajstić information content (AvgIpc) is 3.40. The monoisotopic (exact) mass is 567 g/mol. The third-order valence-corrected chi connectivity index (χ3v) is 10.6. The SMILES string of the molecule is O=C(C1CCC(Nc2nccc(-n3ccc4c(C5(O)CCS(=O)(=O)CC5)cccc43)n2)CC1)N1CCC(O)CC1. The van der Waals surface area contributed by atoms with E-state index < -0.39 is 15.4 Å². The number of nitrogens with one attached hydrogen (secondary N) is 1. The Bertz CT molecular complexity index is 1480. The van der Waals surface area contributed by atoms with Crippen LogP contribution in [0.5, 0.6) is 0 Å². The zero-order valence-electron chi connectivity index (χ0n) is 22.6. The van der Waals surface area contributed by atoms with E-state index in [9.17, 15) is 23.4 Å². The van der Waals surface area contributed by atoms with Crippen molar-refractivity contribution < 1.29 is 23.4 Å². The summed E-state index contributed by atoms with van der Waals surface area (Å²) < 4.78 is 25.9. The fraction of sp³-hybridized carbons (Fsp3) is 0.552. The van der Waals surface area contributed by atoms with E-state index in [1.807, 2.05) is 46.0 Å². The topological polar surface area (TPSA) is 138 Å². The van der Waals surface area contributed by atoms with Gasteiger partial charge in [-0.15, -0.1) is 0 Å². The molecule has 1 aromatic carbocycles. The molecule has 0 unspecified atom stereocenters. The van der Waals surface area contributed by atoms with E-state index >= 15 is 0 Å². The van der Waals surface area contributed by atoms with Crippen LogP contribution in [0.3, 0.4) is 0 Å². The third-order valence-electron chi connectivity index (χ3n) is 8.96. The van der Waals surface area contributed by atoms with E-state index in [0.717, 1.165) is 42.1 Å². The second-order valence-corrected chi connectivity index (χ2v) is 13.9. The van der Waals surface area contributed by atoms with Crippen LogP contribution in [-0.2, 0) is 20.2 Å². The van der Waals surface area contributed by atoms with Crippen LogP contribution in [0.4, 0.5) is 5.95 Å². The average molecular weight is 568 g/mol. The van der Waals surface area contributed by atoms with Gasteiger partial charge in [-0.05, 0) is 75.1 Å². The van der Waals surface area contributed by atoms with Crippen molar-refractivity contribution in [3.8, 4) is 5.82 Å². The quantitative estimate of drug-likeness (QED) is 0.428. The first-order chi connectivity index (χ1) is 19.2. The van der Waals surface area contributed by atoms with Crippen LogP contribution >= 0.6 is 0 Å². The molecule has 214 valence electrons. The molecule has 3 aromatic rings. The summed E-state index contributed by atoms with van der Waals surface area (Å²) in [6, 6.07) is 9.71. The van der Waals surface area contributed by atoms with Crippen LogP contribution in [0.25, 0.3) is 16.7 Å². The zero-order chi connectivity index (χ0) is 27.9. The van der Waals surface area contributed by atoms with E-state index in [4.69, 9.17) is 4.98 Å². The van der Waals surface area contributed by atoms with Crippen LogP contribution in [0, 0.1) is 5.92 Å². The Morgan fingerprint density at radius 3 is 2.45 bits per heavy atom. The van der Waals surface area contributed by atoms with Gasteiger partial charge in [-0.25, -0.2) is 13.4 Å². The molecule has 1 aliphatic carbocycles. The molecule has 2 aliphatic heterocycles. The lowest BCUT2D eigenvalue weighted by Crippen LogP contribution is -2.44. The molecule has 0 atom stereocenters. The molecule has 0 radical (unpaired) electrons. The molecule has 1 saturated carbocycles. The third kappa shape index (κ3) is 5.46. The van der Waals surface area contributed by atoms with Gasteiger partial charge in [-0.3, -0.25) is 4.79 Å². The van der Waals surface area contributed by atoms with E-state index in [2.05, 4.69) is 10.3 Å². The molecular weight excluding hydrogens is 530 g/mol. The highest BCUT2D eigenvalue weighted by molar-refractivity contribution is 7.91. The normalized spacial score (nSPS) is 25.1. The second kappa shape index (κ2) is 10.8. The summed E-state index contributed by atoms with van der Waals surface area (Å²) in [6.45, 7) is 1.30. The summed E-state index contributed by atoms with van der Waals surface area (Å²) in [5.74, 6) is 1.47. The van der Waals surface area contributed by atoms with Gasteiger partial charge >= 0.3 is 0 Å². The van der Waals surface area contributed by atoms with Gasteiger partial charge in [0.2, 0.25) is 11.9 Å². The number of anilines is 1. The molecular formula is C29H37N5O5S. The minimum atomic E-state index is -3.10. The van der Waals surface area contributed by atoms with Gasteiger partial charge in [0, 0.05) is 42.8 Å². The van der Waals surface area contributed by atoms with Crippen molar-refractivity contribution in [2.24, 2.45) is 5.92 Å². The van der Waals surface area contributed by atoms with Crippen molar-refractivity contribution in [3.05, 3.63) is 48.3 Å². The lowest BCUT2D eigenvalue weighted by molar-refractivity contribution is -0.138. The van der Waals surface area contributed by atoms with Crippen molar-refractivity contribution in [1.29, 1.82) is 0 Å². The van der Waals surface area contributed by atoms with Crippen molar-refractivity contribution in [1.82, 2.24) is 19.4 Å². The van der Waals surface area contributed by atoms with Crippen molar-refractivity contribution in [2.45, 2.75) is 69.1 Å². The number of piperidine rings is 1. The fourth-order valence-corrected chi connectivity index (χ4v) is 7.98. The highest BCUT2D eigenvalue weighted by Crippen LogP contribution is 2.38. The molecule has 0 spiro atoms. The Labute approximate surface area is 234 Å². The minimum absolute atomic E-state index is 0.0139. The Kier molecular flexibility index (Phi) is 7.30. The number of likely N-dealkylation sites (tertiary alicyclic amines) is 1. The summed E-state index contributed by atoms with van der Waals surface area (Å²) >= 11 is 0. The number of hydrogen-bond donors (Lipinski definition) is 3. The van der Waals surface area contributed by atoms with Crippen LogP contribution in [-0.4, -0.2) is 80.7 Å². The van der Waals surface area contributed by atoms with Crippen LogP contribution < -0.4 is 5.32 Å². The summed E-state index contributed by atoms with van der Waals surface area (Å²) in [5.41, 5.74) is 0.455. The van der Waals surface area contributed by atoms with Gasteiger partial charge in [0.1, 0.15) is 5.82 Å². The molecule has 11 heteroatoms. The molecule has 0 bridgehead atoms. The molecule has 1 amide bonds. The smallest absolute Gasteiger partial charge is 0.225 e. The van der Waals surface area contributed by atoms with Gasteiger partial charge in [-0.1, -0.05) is 12.1 Å². The van der Waals surface area contributed by atoms with Crippen LogP contribution in [0.1, 0.15) is 56.9 Å². The maximum Gasteiger partial charge on any atom is 0.225 e. The zero-order valence-corrected chi connectivity index (χ0v) is 23.4. The number of benzene rings is 1. The molecule has 2 saturated heterocycles. The predicted molar refractivity (Wildman–Crippen MR) is 152 cm³/mol. The highest BCUT2D eigenvalue weighted by atomic mass is 32.2. The van der Waals surface area contributed by atoms with E-state index in [1.54, 1.807) is 6.20 Å². The summed E-state index contributed by atoms with van der Waals surface area (Å²) in [4.78, 5) is 24.1. The van der Waals surface area contributed by atoms with Crippen LogP contribution in [0.2, 0.25) is 0 Å². The lowest BCUT2D eigenvalue weighted by atomic mass is 9.85. The van der Waals surface area contributed by atoms with Gasteiger partial charge in [0.25, 0.3) is 0 Å². The number of aliphatic hydroxyl groups is 2. The first-order valence-electron chi connectivity index (χ1n) is 14.3. The van der Waals surface area contributed by atoms with Gasteiger partial charge in [-0.2, -0.15) is 4.98 Å².